The van der Waals surface area contributed by atoms with Gasteiger partial charge in [-0.25, -0.2) is 9.37 Å². The maximum atomic E-state index is 13.6. The van der Waals surface area contributed by atoms with Gasteiger partial charge in [0, 0.05) is 22.5 Å². The molecule has 0 saturated heterocycles. The molecule has 5 heteroatoms. The highest BCUT2D eigenvalue weighted by molar-refractivity contribution is 7.15. The molecule has 3 aromatic rings. The number of thiazole rings is 1. The summed E-state index contributed by atoms with van der Waals surface area (Å²) < 4.78 is 13.6. The molecule has 3 rings (SSSR count). The van der Waals surface area contributed by atoms with Crippen molar-refractivity contribution in [3.05, 3.63) is 76.5 Å². The van der Waals surface area contributed by atoms with Crippen molar-refractivity contribution in [1.29, 1.82) is 0 Å². The van der Waals surface area contributed by atoms with Crippen LogP contribution in [0.5, 0.6) is 0 Å². The number of aryl methyl sites for hydroxylation is 1. The van der Waals surface area contributed by atoms with E-state index in [-0.39, 0.29) is 18.3 Å². The second kappa shape index (κ2) is 6.71. The Hall–Kier alpha value is -2.53. The Labute approximate surface area is 137 Å². The van der Waals surface area contributed by atoms with Gasteiger partial charge in [0.1, 0.15) is 16.5 Å². The molecule has 0 aliphatic rings. The van der Waals surface area contributed by atoms with Crippen molar-refractivity contribution in [3.63, 3.8) is 0 Å². The van der Waals surface area contributed by atoms with Gasteiger partial charge >= 0.3 is 0 Å². The fourth-order valence-corrected chi connectivity index (χ4v) is 3.13. The summed E-state index contributed by atoms with van der Waals surface area (Å²) in [6, 6.07) is 16.1. The number of rotatable bonds is 4. The van der Waals surface area contributed by atoms with Crippen LogP contribution >= 0.6 is 11.3 Å². The second-order valence-corrected chi connectivity index (χ2v) is 6.27. The molecule has 0 saturated carbocycles. The third kappa shape index (κ3) is 3.46. The molecule has 1 aromatic heterocycles. The number of nitrogens with one attached hydrogen (secondary N) is 1. The number of amides is 1. The quantitative estimate of drug-likeness (QED) is 0.781. The first-order chi connectivity index (χ1) is 11.1. The van der Waals surface area contributed by atoms with Gasteiger partial charge < -0.3 is 5.32 Å². The average Bonchev–Trinajstić information content (AvgIpc) is 2.97. The van der Waals surface area contributed by atoms with Crippen molar-refractivity contribution in [2.45, 2.75) is 13.5 Å². The predicted octanol–water partition coefficient (Wildman–Crippen LogP) is 4.19. The molecule has 2 aromatic carbocycles. The molecule has 0 aliphatic heterocycles. The van der Waals surface area contributed by atoms with Crippen molar-refractivity contribution in [3.8, 4) is 10.6 Å². The molecule has 0 fully saturated rings. The minimum absolute atomic E-state index is 0.142. The Kier molecular flexibility index (Phi) is 4.48. The van der Waals surface area contributed by atoms with Gasteiger partial charge in [0.05, 0.1) is 0 Å². The molecule has 0 spiro atoms. The highest BCUT2D eigenvalue weighted by atomic mass is 32.1. The van der Waals surface area contributed by atoms with E-state index in [0.717, 1.165) is 15.4 Å². The van der Waals surface area contributed by atoms with Crippen LogP contribution in [0.3, 0.4) is 0 Å². The highest BCUT2D eigenvalue weighted by Gasteiger charge is 2.16. The van der Waals surface area contributed by atoms with E-state index in [0.29, 0.717) is 11.3 Å². The van der Waals surface area contributed by atoms with Gasteiger partial charge in [0.15, 0.2) is 0 Å². The van der Waals surface area contributed by atoms with E-state index in [2.05, 4.69) is 10.3 Å². The van der Waals surface area contributed by atoms with Gasteiger partial charge in [-0.3, -0.25) is 4.79 Å². The lowest BCUT2D eigenvalue weighted by Crippen LogP contribution is -2.24. The standard InChI is InChI=1S/C18H15FN2OS/c1-12-16(21-18(23-12)13-7-3-2-4-8-13)17(22)20-11-14-9-5-6-10-15(14)19/h2-10H,11H2,1H3,(H,20,22). The molecule has 23 heavy (non-hydrogen) atoms. The van der Waals surface area contributed by atoms with Crippen LogP contribution in [0.2, 0.25) is 0 Å². The maximum absolute atomic E-state index is 13.6. The lowest BCUT2D eigenvalue weighted by atomic mass is 10.2. The molecule has 0 atom stereocenters. The zero-order valence-electron chi connectivity index (χ0n) is 12.5. The number of hydrogen-bond acceptors (Lipinski definition) is 3. The zero-order valence-corrected chi connectivity index (χ0v) is 13.4. The maximum Gasteiger partial charge on any atom is 0.271 e. The number of carbonyl (C=O) groups is 1. The number of nitrogens with zero attached hydrogens (tertiary/aromatic N) is 1. The van der Waals surface area contributed by atoms with Crippen molar-refractivity contribution in [2.24, 2.45) is 0 Å². The summed E-state index contributed by atoms with van der Waals surface area (Å²) in [6.45, 7) is 2.01. The molecule has 1 N–H and O–H groups in total. The molecule has 116 valence electrons. The smallest absolute Gasteiger partial charge is 0.271 e. The summed E-state index contributed by atoms with van der Waals surface area (Å²) in [5, 5.41) is 3.53. The van der Waals surface area contributed by atoms with Gasteiger partial charge in [0.25, 0.3) is 5.91 Å². The third-order valence-corrected chi connectivity index (χ3v) is 4.45. The topological polar surface area (TPSA) is 42.0 Å². The van der Waals surface area contributed by atoms with Gasteiger partial charge in [-0.15, -0.1) is 11.3 Å². The summed E-state index contributed by atoms with van der Waals surface area (Å²) in [6.07, 6.45) is 0. The lowest BCUT2D eigenvalue weighted by molar-refractivity contribution is 0.0946. The van der Waals surface area contributed by atoms with Crippen LogP contribution in [0.4, 0.5) is 4.39 Å². The van der Waals surface area contributed by atoms with Gasteiger partial charge in [-0.2, -0.15) is 0 Å². The van der Waals surface area contributed by atoms with Crippen LogP contribution in [0.25, 0.3) is 10.6 Å². The minimum Gasteiger partial charge on any atom is -0.346 e. The van der Waals surface area contributed by atoms with E-state index < -0.39 is 0 Å². The summed E-state index contributed by atoms with van der Waals surface area (Å²) in [5.74, 6) is -0.614. The minimum atomic E-state index is -0.326. The Morgan fingerprint density at radius 2 is 1.83 bits per heavy atom. The van der Waals surface area contributed by atoms with Crippen LogP contribution in [-0.2, 0) is 6.54 Å². The van der Waals surface area contributed by atoms with Crippen molar-refractivity contribution in [1.82, 2.24) is 10.3 Å². The molecule has 0 aliphatic carbocycles. The SMILES string of the molecule is Cc1sc(-c2ccccc2)nc1C(=O)NCc1ccccc1F. The summed E-state index contributed by atoms with van der Waals surface area (Å²) >= 11 is 1.47. The van der Waals surface area contributed by atoms with E-state index in [9.17, 15) is 9.18 Å². The van der Waals surface area contributed by atoms with Gasteiger partial charge in [-0.05, 0) is 13.0 Å². The Balaban J connectivity index is 1.75. The van der Waals surface area contributed by atoms with Gasteiger partial charge in [0.2, 0.25) is 0 Å². The zero-order chi connectivity index (χ0) is 16.2. The molecule has 3 nitrogen and oxygen atoms in total. The monoisotopic (exact) mass is 326 g/mol. The largest absolute Gasteiger partial charge is 0.346 e. The van der Waals surface area contributed by atoms with E-state index in [4.69, 9.17) is 0 Å². The van der Waals surface area contributed by atoms with Crippen LogP contribution in [0, 0.1) is 12.7 Å². The number of halogens is 1. The molecule has 0 radical (unpaired) electrons. The van der Waals surface area contributed by atoms with E-state index in [1.807, 2.05) is 37.3 Å². The number of carbonyl (C=O) groups excluding carboxylic acids is 1. The first-order valence-corrected chi connectivity index (χ1v) is 8.01. The van der Waals surface area contributed by atoms with Crippen LogP contribution in [0.1, 0.15) is 20.9 Å². The van der Waals surface area contributed by atoms with E-state index in [1.54, 1.807) is 18.2 Å². The van der Waals surface area contributed by atoms with Crippen molar-refractivity contribution < 1.29 is 9.18 Å². The summed E-state index contributed by atoms with van der Waals surface area (Å²) in [5.41, 5.74) is 1.83. The molecule has 0 unspecified atom stereocenters. The Morgan fingerprint density at radius 3 is 2.57 bits per heavy atom. The van der Waals surface area contributed by atoms with E-state index >= 15 is 0 Å². The van der Waals surface area contributed by atoms with Gasteiger partial charge in [-0.1, -0.05) is 48.5 Å². The number of benzene rings is 2. The van der Waals surface area contributed by atoms with Crippen molar-refractivity contribution >= 4 is 17.2 Å². The molecule has 0 bridgehead atoms. The van der Waals surface area contributed by atoms with E-state index in [1.165, 1.54) is 17.4 Å². The molecular formula is C18H15FN2OS. The van der Waals surface area contributed by atoms with Crippen molar-refractivity contribution in [2.75, 3.05) is 0 Å². The van der Waals surface area contributed by atoms with Crippen LogP contribution in [-0.4, -0.2) is 10.9 Å². The average molecular weight is 326 g/mol. The highest BCUT2D eigenvalue weighted by Crippen LogP contribution is 2.27. The molecule has 1 amide bonds. The lowest BCUT2D eigenvalue weighted by Gasteiger charge is -2.05. The van der Waals surface area contributed by atoms with Crippen LogP contribution in [0.15, 0.2) is 54.6 Å². The number of aromatic nitrogens is 1. The van der Waals surface area contributed by atoms with Crippen LogP contribution < -0.4 is 5.32 Å². The third-order valence-electron chi connectivity index (χ3n) is 3.43. The summed E-state index contributed by atoms with van der Waals surface area (Å²) in [7, 11) is 0. The molecule has 1 heterocycles. The normalized spacial score (nSPS) is 10.5. The second-order valence-electron chi connectivity index (χ2n) is 5.06. The Bertz CT molecular complexity index is 830. The first kappa shape index (κ1) is 15.4. The first-order valence-electron chi connectivity index (χ1n) is 7.19. The Morgan fingerprint density at radius 1 is 1.13 bits per heavy atom. The molecular weight excluding hydrogens is 311 g/mol. The summed E-state index contributed by atoms with van der Waals surface area (Å²) in [4.78, 5) is 17.6. The number of hydrogen-bond donors (Lipinski definition) is 1. The fraction of sp³-hybridized carbons (Fsp3) is 0.111. The fourth-order valence-electron chi connectivity index (χ4n) is 2.21. The predicted molar refractivity (Wildman–Crippen MR) is 89.9 cm³/mol.